The monoisotopic (exact) mass is 492 g/mol. The highest BCUT2D eigenvalue weighted by Crippen LogP contribution is 2.41. The average molecular weight is 493 g/mol. The Morgan fingerprint density at radius 3 is 2.56 bits per heavy atom. The lowest BCUT2D eigenvalue weighted by atomic mass is 9.86. The van der Waals surface area contributed by atoms with Gasteiger partial charge in [-0.15, -0.1) is 0 Å². The molecule has 1 fully saturated rings. The van der Waals surface area contributed by atoms with Gasteiger partial charge in [-0.1, -0.05) is 17.7 Å². The maximum absolute atomic E-state index is 13.2. The summed E-state index contributed by atoms with van der Waals surface area (Å²) in [4.78, 5) is 32.0. The van der Waals surface area contributed by atoms with E-state index in [4.69, 9.17) is 16.3 Å². The van der Waals surface area contributed by atoms with Gasteiger partial charge in [-0.05, 0) is 44.0 Å². The van der Waals surface area contributed by atoms with Crippen molar-refractivity contribution in [3.63, 3.8) is 0 Å². The summed E-state index contributed by atoms with van der Waals surface area (Å²) in [5, 5.41) is -0.496. The van der Waals surface area contributed by atoms with Gasteiger partial charge in [0.15, 0.2) is 0 Å². The van der Waals surface area contributed by atoms with Crippen molar-refractivity contribution in [3.05, 3.63) is 75.2 Å². The van der Waals surface area contributed by atoms with Crippen molar-refractivity contribution in [3.8, 4) is 11.4 Å². The van der Waals surface area contributed by atoms with Crippen molar-refractivity contribution < 1.29 is 22.7 Å². The Balaban J connectivity index is 1.37. The second kappa shape index (κ2) is 8.19. The number of rotatable bonds is 4. The Labute approximate surface area is 197 Å². The fraction of sp³-hybridized carbons (Fsp3) is 0.348. The van der Waals surface area contributed by atoms with Crippen molar-refractivity contribution in [2.75, 3.05) is 6.54 Å². The van der Waals surface area contributed by atoms with E-state index in [0.29, 0.717) is 31.6 Å². The molecule has 0 bridgehead atoms. The highest BCUT2D eigenvalue weighted by molar-refractivity contribution is 6.32. The lowest BCUT2D eigenvalue weighted by molar-refractivity contribution is -0.137. The topological polar surface area (TPSA) is 69.4 Å². The van der Waals surface area contributed by atoms with Crippen LogP contribution >= 0.6 is 11.6 Å². The number of hydrogen-bond donors (Lipinski definition) is 0. The number of carbonyl (C=O) groups excluding carboxylic acids is 1. The molecule has 0 N–H and O–H groups in total. The van der Waals surface area contributed by atoms with Crippen LogP contribution in [0.1, 0.15) is 34.6 Å². The van der Waals surface area contributed by atoms with Gasteiger partial charge in [0.25, 0.3) is 11.5 Å². The van der Waals surface area contributed by atoms with E-state index in [1.165, 1.54) is 16.7 Å². The number of ether oxygens (including phenoxy) is 1. The van der Waals surface area contributed by atoms with Crippen LogP contribution in [0.3, 0.4) is 0 Å². The minimum absolute atomic E-state index is 0.0625. The fourth-order valence-electron chi connectivity index (χ4n) is 4.43. The summed E-state index contributed by atoms with van der Waals surface area (Å²) in [7, 11) is 0. The number of aryl methyl sites for hydroxylation is 1. The molecule has 1 aliphatic carbocycles. The molecule has 2 aliphatic rings. The highest BCUT2D eigenvalue weighted by atomic mass is 35.5. The average Bonchev–Trinajstić information content (AvgIpc) is 3.19. The summed E-state index contributed by atoms with van der Waals surface area (Å²) >= 11 is 5.96. The Hall–Kier alpha value is -3.27. The van der Waals surface area contributed by atoms with E-state index < -0.39 is 22.9 Å². The molecule has 0 radical (unpaired) electrons. The molecule has 0 spiro atoms. The van der Waals surface area contributed by atoms with E-state index in [0.717, 1.165) is 11.8 Å². The van der Waals surface area contributed by atoms with Crippen molar-refractivity contribution in [1.82, 2.24) is 19.0 Å². The second-order valence-electron chi connectivity index (χ2n) is 8.40. The van der Waals surface area contributed by atoms with E-state index in [1.54, 1.807) is 34.1 Å². The minimum atomic E-state index is -4.59. The Bertz CT molecular complexity index is 1330. The normalized spacial score (nSPS) is 20.1. The second-order valence-corrected chi connectivity index (χ2v) is 8.78. The summed E-state index contributed by atoms with van der Waals surface area (Å²) < 4.78 is 48.4. The molecular formula is C23H20ClF3N4O3. The van der Waals surface area contributed by atoms with E-state index in [-0.39, 0.29) is 29.0 Å². The van der Waals surface area contributed by atoms with E-state index in [1.807, 2.05) is 6.92 Å². The maximum atomic E-state index is 13.2. The Morgan fingerprint density at radius 1 is 1.12 bits per heavy atom. The van der Waals surface area contributed by atoms with Crippen molar-refractivity contribution in [2.45, 2.75) is 44.6 Å². The van der Waals surface area contributed by atoms with Gasteiger partial charge in [-0.25, -0.2) is 4.98 Å². The first-order valence-corrected chi connectivity index (χ1v) is 11.1. The highest BCUT2D eigenvalue weighted by Gasteiger charge is 2.43. The molecule has 11 heteroatoms. The van der Waals surface area contributed by atoms with Crippen LogP contribution < -0.4 is 10.3 Å². The summed E-state index contributed by atoms with van der Waals surface area (Å²) in [5.41, 5.74) is 0.171. The summed E-state index contributed by atoms with van der Waals surface area (Å²) in [5.74, 6) is -0.377. The molecule has 34 heavy (non-hydrogen) atoms. The van der Waals surface area contributed by atoms with Crippen molar-refractivity contribution in [2.24, 2.45) is 0 Å². The SMILES string of the molecule is Cc1cn(-c2ccc3n(c2=O)CCN([C@@H]2CC[C@H]2Oc2cccc(C(F)(F)F)c2Cl)C3=O)cn1. The van der Waals surface area contributed by atoms with Crippen LogP contribution in [0, 0.1) is 6.92 Å². The third-order valence-corrected chi connectivity index (χ3v) is 6.70. The lowest BCUT2D eigenvalue weighted by Crippen LogP contribution is -2.58. The van der Waals surface area contributed by atoms with E-state index >= 15 is 0 Å². The molecule has 1 aromatic carbocycles. The third kappa shape index (κ3) is 3.75. The van der Waals surface area contributed by atoms with Crippen LogP contribution in [0.25, 0.3) is 5.69 Å². The zero-order valence-electron chi connectivity index (χ0n) is 18.1. The van der Waals surface area contributed by atoms with Gasteiger partial charge in [-0.2, -0.15) is 13.2 Å². The van der Waals surface area contributed by atoms with E-state index in [9.17, 15) is 22.8 Å². The van der Waals surface area contributed by atoms with Gasteiger partial charge in [0, 0.05) is 19.3 Å². The van der Waals surface area contributed by atoms with Crippen LogP contribution in [0.2, 0.25) is 5.02 Å². The number of amides is 1. The van der Waals surface area contributed by atoms with Crippen LogP contribution in [0.15, 0.2) is 47.7 Å². The van der Waals surface area contributed by atoms with Gasteiger partial charge in [-0.3, -0.25) is 9.59 Å². The quantitative estimate of drug-likeness (QED) is 0.550. The Morgan fingerprint density at radius 2 is 1.91 bits per heavy atom. The first kappa shape index (κ1) is 22.5. The molecule has 5 rings (SSSR count). The summed E-state index contributed by atoms with van der Waals surface area (Å²) in [6.45, 7) is 2.41. The van der Waals surface area contributed by atoms with Gasteiger partial charge in [0.05, 0.1) is 28.6 Å². The summed E-state index contributed by atoms with van der Waals surface area (Å²) in [6, 6.07) is 6.41. The first-order chi connectivity index (χ1) is 16.1. The molecule has 2 atom stereocenters. The molecule has 0 unspecified atom stereocenters. The molecule has 7 nitrogen and oxygen atoms in total. The first-order valence-electron chi connectivity index (χ1n) is 10.7. The molecule has 3 aromatic rings. The molecule has 178 valence electrons. The number of halogens is 4. The third-order valence-electron chi connectivity index (χ3n) is 6.31. The number of pyridine rings is 1. The largest absolute Gasteiger partial charge is 0.487 e. The van der Waals surface area contributed by atoms with Gasteiger partial charge in [0.1, 0.15) is 23.2 Å². The van der Waals surface area contributed by atoms with Crippen molar-refractivity contribution >= 4 is 17.5 Å². The molecule has 1 saturated carbocycles. The molecular weight excluding hydrogens is 473 g/mol. The maximum Gasteiger partial charge on any atom is 0.417 e. The van der Waals surface area contributed by atoms with E-state index in [2.05, 4.69) is 4.98 Å². The minimum Gasteiger partial charge on any atom is -0.487 e. The molecule has 1 aliphatic heterocycles. The molecule has 0 saturated heterocycles. The van der Waals surface area contributed by atoms with Gasteiger partial charge in [0.2, 0.25) is 0 Å². The zero-order valence-corrected chi connectivity index (χ0v) is 18.8. The predicted octanol–water partition coefficient (Wildman–Crippen LogP) is 4.08. The molecule has 2 aromatic heterocycles. The molecule has 1 amide bonds. The van der Waals surface area contributed by atoms with Gasteiger partial charge < -0.3 is 18.8 Å². The van der Waals surface area contributed by atoms with Crippen molar-refractivity contribution in [1.29, 1.82) is 0 Å². The van der Waals surface area contributed by atoms with Crippen LogP contribution in [0.4, 0.5) is 13.2 Å². The number of alkyl halides is 3. The number of benzene rings is 1. The number of nitrogens with zero attached hydrogens (tertiary/aromatic N) is 4. The standard InChI is InChI=1S/C23H20ClF3N4O3/c1-13-11-29(12-28-13)16-5-6-17-22(33)30(9-10-31(17)21(16)32)15-7-8-18(15)34-19-4-2-3-14(20(19)24)23(25,26)27/h2-6,11-12,15,18H,7-10H2,1H3/t15-,18-/m1/s1. The smallest absolute Gasteiger partial charge is 0.417 e. The molecule has 3 heterocycles. The number of fused-ring (bicyclic) bond motifs is 1. The fourth-order valence-corrected chi connectivity index (χ4v) is 4.71. The van der Waals surface area contributed by atoms with Crippen LogP contribution in [-0.4, -0.2) is 43.6 Å². The van der Waals surface area contributed by atoms with Gasteiger partial charge >= 0.3 is 6.18 Å². The number of imidazole rings is 1. The predicted molar refractivity (Wildman–Crippen MR) is 117 cm³/mol. The summed E-state index contributed by atoms with van der Waals surface area (Å²) in [6.07, 6.45) is -0.586. The van der Waals surface area contributed by atoms with Crippen LogP contribution in [0.5, 0.6) is 5.75 Å². The zero-order chi connectivity index (χ0) is 24.2. The Kier molecular flexibility index (Phi) is 5.43. The lowest BCUT2D eigenvalue weighted by Gasteiger charge is -2.45. The van der Waals surface area contributed by atoms with Crippen LogP contribution in [-0.2, 0) is 12.7 Å². The number of aromatic nitrogens is 3. The number of hydrogen-bond acceptors (Lipinski definition) is 4. The number of carbonyl (C=O) groups is 1.